The molecule has 2 atom stereocenters. The maximum atomic E-state index is 12.2. The Morgan fingerprint density at radius 3 is 2.70 bits per heavy atom. The molecule has 0 aliphatic carbocycles. The van der Waals surface area contributed by atoms with Crippen LogP contribution in [-0.2, 0) is 22.6 Å². The van der Waals surface area contributed by atoms with Crippen LogP contribution in [0.2, 0.25) is 0 Å². The number of amides is 1. The third-order valence-electron chi connectivity index (χ3n) is 5.03. The van der Waals surface area contributed by atoms with Gasteiger partial charge in [-0.3, -0.25) is 4.79 Å². The average Bonchev–Trinajstić information content (AvgIpc) is 3.35. The fraction of sp³-hybridized carbons (Fsp3) is 0.333. The number of nitrogens with zero attached hydrogens (tertiary/aromatic N) is 2. The molecule has 6 nitrogen and oxygen atoms in total. The Balaban J connectivity index is 1.33. The molecule has 1 aromatic heterocycles. The maximum absolute atomic E-state index is 12.2. The van der Waals surface area contributed by atoms with E-state index < -0.39 is 0 Å². The molecule has 0 radical (unpaired) electrons. The second kappa shape index (κ2) is 7.90. The van der Waals surface area contributed by atoms with Gasteiger partial charge in [0.05, 0.1) is 23.5 Å². The van der Waals surface area contributed by atoms with Crippen LogP contribution in [0.5, 0.6) is 0 Å². The van der Waals surface area contributed by atoms with Crippen molar-refractivity contribution < 1.29 is 9.53 Å². The van der Waals surface area contributed by atoms with Gasteiger partial charge in [0.2, 0.25) is 5.91 Å². The molecule has 2 aromatic carbocycles. The molecule has 2 heterocycles. The monoisotopic (exact) mass is 364 g/mol. The highest BCUT2D eigenvalue weighted by Gasteiger charge is 2.29. The number of hydrogen-bond acceptors (Lipinski definition) is 4. The van der Waals surface area contributed by atoms with Crippen molar-refractivity contribution in [3.63, 3.8) is 0 Å². The molecule has 4 rings (SSSR count). The van der Waals surface area contributed by atoms with E-state index in [1.807, 2.05) is 36.7 Å². The number of aromatic nitrogens is 2. The Labute approximate surface area is 158 Å². The first-order valence-corrected chi connectivity index (χ1v) is 9.34. The van der Waals surface area contributed by atoms with E-state index in [1.54, 1.807) is 0 Å². The second-order valence-electron chi connectivity index (χ2n) is 6.96. The summed E-state index contributed by atoms with van der Waals surface area (Å²) in [5.41, 5.74) is 9.98. The molecule has 0 bridgehead atoms. The van der Waals surface area contributed by atoms with Gasteiger partial charge in [-0.15, -0.1) is 0 Å². The predicted molar refractivity (Wildman–Crippen MR) is 104 cm³/mol. The van der Waals surface area contributed by atoms with Crippen LogP contribution in [0.4, 0.5) is 0 Å². The number of imidazole rings is 1. The number of hydrogen-bond donors (Lipinski definition) is 2. The molecule has 27 heavy (non-hydrogen) atoms. The Morgan fingerprint density at radius 1 is 1.15 bits per heavy atom. The third kappa shape index (κ3) is 4.02. The number of rotatable bonds is 6. The number of carbonyl (C=O) groups excluding carboxylic acids is 1. The van der Waals surface area contributed by atoms with Crippen molar-refractivity contribution in [2.75, 3.05) is 6.54 Å². The van der Waals surface area contributed by atoms with Crippen LogP contribution < -0.4 is 11.1 Å². The van der Waals surface area contributed by atoms with Gasteiger partial charge >= 0.3 is 0 Å². The number of carbonyl (C=O) groups is 1. The molecule has 3 N–H and O–H groups in total. The van der Waals surface area contributed by atoms with E-state index in [9.17, 15) is 4.79 Å². The first-order valence-electron chi connectivity index (χ1n) is 9.34. The minimum absolute atomic E-state index is 0.0132. The van der Waals surface area contributed by atoms with Crippen LogP contribution in [0.1, 0.15) is 24.0 Å². The molecule has 0 saturated carbocycles. The molecule has 1 saturated heterocycles. The van der Waals surface area contributed by atoms with E-state index in [2.05, 4.69) is 33.1 Å². The number of nitrogens with one attached hydrogen (secondary N) is 1. The number of para-hydroxylation sites is 2. The predicted octanol–water partition coefficient (Wildman–Crippen LogP) is 2.21. The van der Waals surface area contributed by atoms with E-state index in [-0.39, 0.29) is 18.1 Å². The van der Waals surface area contributed by atoms with Gasteiger partial charge < -0.3 is 20.4 Å². The number of fused-ring (bicyclic) bond motifs is 1. The zero-order valence-corrected chi connectivity index (χ0v) is 15.2. The van der Waals surface area contributed by atoms with E-state index in [1.165, 1.54) is 5.56 Å². The van der Waals surface area contributed by atoms with Gasteiger partial charge in [0, 0.05) is 19.6 Å². The summed E-state index contributed by atoms with van der Waals surface area (Å²) in [6, 6.07) is 16.4. The summed E-state index contributed by atoms with van der Waals surface area (Å²) in [6.07, 6.45) is 3.11. The first-order chi connectivity index (χ1) is 13.2. The summed E-state index contributed by atoms with van der Waals surface area (Å²) in [5.74, 6) is -0.0556. The zero-order valence-electron chi connectivity index (χ0n) is 15.2. The molecular weight excluding hydrogens is 340 g/mol. The zero-order chi connectivity index (χ0) is 18.6. The quantitative estimate of drug-likeness (QED) is 0.703. The highest BCUT2D eigenvalue weighted by molar-refractivity contribution is 5.81. The molecule has 6 heteroatoms. The summed E-state index contributed by atoms with van der Waals surface area (Å²) in [5, 5.41) is 2.95. The van der Waals surface area contributed by atoms with Crippen molar-refractivity contribution >= 4 is 16.9 Å². The van der Waals surface area contributed by atoms with Crippen molar-refractivity contribution in [2.45, 2.75) is 38.1 Å². The Bertz CT molecular complexity index is 919. The summed E-state index contributed by atoms with van der Waals surface area (Å²) in [6.45, 7) is 1.74. The normalized spacial score (nSPS) is 19.4. The molecule has 140 valence electrons. The van der Waals surface area contributed by atoms with Crippen molar-refractivity contribution in [1.29, 1.82) is 0 Å². The smallest absolute Gasteiger partial charge is 0.249 e. The molecule has 1 amide bonds. The van der Waals surface area contributed by atoms with Crippen molar-refractivity contribution in [3.05, 3.63) is 66.0 Å². The van der Waals surface area contributed by atoms with E-state index in [0.717, 1.165) is 36.0 Å². The minimum atomic E-state index is -0.368. The number of nitrogens with two attached hydrogens (primary N) is 1. The lowest BCUT2D eigenvalue weighted by Crippen LogP contribution is -2.35. The summed E-state index contributed by atoms with van der Waals surface area (Å²) in [7, 11) is 0. The van der Waals surface area contributed by atoms with E-state index in [0.29, 0.717) is 13.1 Å². The van der Waals surface area contributed by atoms with Gasteiger partial charge in [-0.1, -0.05) is 36.4 Å². The van der Waals surface area contributed by atoms with Gasteiger partial charge in [0.25, 0.3) is 0 Å². The molecule has 0 spiro atoms. The Morgan fingerprint density at radius 2 is 1.93 bits per heavy atom. The fourth-order valence-electron chi connectivity index (χ4n) is 3.47. The van der Waals surface area contributed by atoms with Crippen LogP contribution in [-0.4, -0.2) is 34.2 Å². The Hall–Kier alpha value is -2.70. The summed E-state index contributed by atoms with van der Waals surface area (Å²) >= 11 is 0. The number of benzene rings is 2. The van der Waals surface area contributed by atoms with Crippen LogP contribution in [0.3, 0.4) is 0 Å². The van der Waals surface area contributed by atoms with Gasteiger partial charge in [0.1, 0.15) is 6.10 Å². The van der Waals surface area contributed by atoms with Gasteiger partial charge in [-0.2, -0.15) is 0 Å². The maximum Gasteiger partial charge on any atom is 0.249 e. The minimum Gasteiger partial charge on any atom is -0.364 e. The largest absolute Gasteiger partial charge is 0.364 e. The number of ether oxygens (including phenoxy) is 1. The highest BCUT2D eigenvalue weighted by Crippen LogP contribution is 2.19. The van der Waals surface area contributed by atoms with Crippen molar-refractivity contribution in [1.82, 2.24) is 14.9 Å². The second-order valence-corrected chi connectivity index (χ2v) is 6.96. The topological polar surface area (TPSA) is 82.2 Å². The third-order valence-corrected chi connectivity index (χ3v) is 5.03. The van der Waals surface area contributed by atoms with E-state index in [4.69, 9.17) is 10.5 Å². The van der Waals surface area contributed by atoms with Gasteiger partial charge in [-0.25, -0.2) is 4.98 Å². The Kier molecular flexibility index (Phi) is 5.18. The molecule has 1 aliphatic rings. The molecule has 3 aromatic rings. The highest BCUT2D eigenvalue weighted by atomic mass is 16.5. The summed E-state index contributed by atoms with van der Waals surface area (Å²) in [4.78, 5) is 16.6. The fourth-order valence-corrected chi connectivity index (χ4v) is 3.47. The average molecular weight is 364 g/mol. The lowest BCUT2D eigenvalue weighted by atomic mass is 10.1. The molecule has 1 fully saturated rings. The molecule has 0 unspecified atom stereocenters. The van der Waals surface area contributed by atoms with Gasteiger partial charge in [0.15, 0.2) is 0 Å². The van der Waals surface area contributed by atoms with Gasteiger partial charge in [-0.05, 0) is 36.1 Å². The first kappa shape index (κ1) is 17.7. The van der Waals surface area contributed by atoms with Crippen LogP contribution in [0.15, 0.2) is 54.9 Å². The lowest BCUT2D eigenvalue weighted by Gasteiger charge is -2.13. The standard InChI is InChI=1S/C21H24N4O2/c22-11-17-9-10-20(27-17)21(26)23-12-15-5-7-16(8-6-15)13-25-14-24-18-3-1-2-4-19(18)25/h1-8,14,17,20H,9-13,22H2,(H,23,26)/t17-,20+/m1/s1. The SMILES string of the molecule is NC[C@H]1CC[C@@H](C(=O)NCc2ccc(Cn3cnc4ccccc43)cc2)O1. The lowest BCUT2D eigenvalue weighted by molar-refractivity contribution is -0.132. The summed E-state index contributed by atoms with van der Waals surface area (Å²) < 4.78 is 7.76. The molecule has 1 aliphatic heterocycles. The van der Waals surface area contributed by atoms with Crippen LogP contribution >= 0.6 is 0 Å². The molecular formula is C21H24N4O2. The van der Waals surface area contributed by atoms with Crippen molar-refractivity contribution in [3.8, 4) is 0 Å². The van der Waals surface area contributed by atoms with Crippen LogP contribution in [0.25, 0.3) is 11.0 Å². The van der Waals surface area contributed by atoms with Crippen LogP contribution in [0, 0.1) is 0 Å². The van der Waals surface area contributed by atoms with Crippen molar-refractivity contribution in [2.24, 2.45) is 5.73 Å². The van der Waals surface area contributed by atoms with E-state index >= 15 is 0 Å².